The largest absolute Gasteiger partial charge is 0.0622 e. The second-order valence-corrected chi connectivity index (χ2v) is 10.9. The van der Waals surface area contributed by atoms with Crippen molar-refractivity contribution in [3.63, 3.8) is 0 Å². The Hall–Kier alpha value is -5.20. The Morgan fingerprint density at radius 2 is 0.875 bits per heavy atom. The van der Waals surface area contributed by atoms with Crippen molar-refractivity contribution < 1.29 is 0 Å². The molecule has 0 bridgehead atoms. The fraction of sp³-hybridized carbons (Fsp3) is 0. The van der Waals surface area contributed by atoms with E-state index in [4.69, 9.17) is 0 Å². The van der Waals surface area contributed by atoms with Crippen LogP contribution in [0.1, 0.15) is 0 Å². The van der Waals surface area contributed by atoms with E-state index in [-0.39, 0.29) is 0 Å². The van der Waals surface area contributed by atoms with Crippen LogP contribution in [0.2, 0.25) is 0 Å². The predicted molar refractivity (Wildman–Crippen MR) is 174 cm³/mol. The summed E-state index contributed by atoms with van der Waals surface area (Å²) < 4.78 is 0. The third-order valence-electron chi connectivity index (χ3n) is 8.79. The van der Waals surface area contributed by atoms with E-state index < -0.39 is 0 Å². The number of hydrogen-bond acceptors (Lipinski definition) is 0. The molecule has 0 nitrogen and oxygen atoms in total. The van der Waals surface area contributed by atoms with Gasteiger partial charge in [-0.2, -0.15) is 0 Å². The van der Waals surface area contributed by atoms with E-state index in [1.807, 2.05) is 0 Å². The van der Waals surface area contributed by atoms with E-state index >= 15 is 0 Å². The normalized spacial score (nSPS) is 12.0. The van der Waals surface area contributed by atoms with Gasteiger partial charge in [-0.25, -0.2) is 0 Å². The Balaban J connectivity index is 1.51. The van der Waals surface area contributed by atoms with Gasteiger partial charge in [0.05, 0.1) is 0 Å². The molecule has 0 heteroatoms. The Bertz CT molecular complexity index is 2400. The minimum absolute atomic E-state index is 1.24. The molecule has 0 aliphatic carbocycles. The predicted octanol–water partition coefficient (Wildman–Crippen LogP) is 11.4. The third-order valence-corrected chi connectivity index (χ3v) is 8.79. The zero-order valence-corrected chi connectivity index (χ0v) is 21.9. The first-order chi connectivity index (χ1) is 19.8. The van der Waals surface area contributed by atoms with Crippen molar-refractivity contribution in [2.45, 2.75) is 0 Å². The summed E-state index contributed by atoms with van der Waals surface area (Å²) >= 11 is 0. The minimum atomic E-state index is 1.24. The average Bonchev–Trinajstić information content (AvgIpc) is 3.03. The summed E-state index contributed by atoms with van der Waals surface area (Å²) in [5, 5.41) is 15.7. The molecule has 0 atom stereocenters. The van der Waals surface area contributed by atoms with Gasteiger partial charge in [-0.1, -0.05) is 140 Å². The van der Waals surface area contributed by atoms with Gasteiger partial charge in [0, 0.05) is 0 Å². The van der Waals surface area contributed by atoms with E-state index in [1.54, 1.807) is 0 Å². The molecule has 0 saturated carbocycles. The van der Waals surface area contributed by atoms with Crippen molar-refractivity contribution in [2.24, 2.45) is 0 Å². The Morgan fingerprint density at radius 1 is 0.275 bits per heavy atom. The maximum atomic E-state index is 2.43. The van der Waals surface area contributed by atoms with Gasteiger partial charge in [0.1, 0.15) is 0 Å². The fourth-order valence-electron chi connectivity index (χ4n) is 7.01. The van der Waals surface area contributed by atoms with Crippen molar-refractivity contribution in [3.05, 3.63) is 146 Å². The van der Waals surface area contributed by atoms with E-state index in [9.17, 15) is 0 Å². The van der Waals surface area contributed by atoms with Crippen LogP contribution in [0.4, 0.5) is 0 Å². The molecule has 9 rings (SSSR count). The second-order valence-electron chi connectivity index (χ2n) is 10.9. The van der Waals surface area contributed by atoms with Crippen LogP contribution in [0.5, 0.6) is 0 Å². The third kappa shape index (κ3) is 2.96. The summed E-state index contributed by atoms with van der Waals surface area (Å²) in [6.45, 7) is 0. The molecule has 184 valence electrons. The van der Waals surface area contributed by atoms with Gasteiger partial charge >= 0.3 is 0 Å². The molecular formula is C40H24. The Labute approximate surface area is 232 Å². The summed E-state index contributed by atoms with van der Waals surface area (Å²) in [6, 6.07) is 53.9. The van der Waals surface area contributed by atoms with E-state index in [0.29, 0.717) is 0 Å². The highest BCUT2D eigenvalue weighted by molar-refractivity contribution is 6.29. The topological polar surface area (TPSA) is 0 Å². The smallest absolute Gasteiger partial charge is 0.00201 e. The Morgan fingerprint density at radius 3 is 1.75 bits per heavy atom. The van der Waals surface area contributed by atoms with Crippen molar-refractivity contribution >= 4 is 64.6 Å². The number of fused-ring (bicyclic) bond motifs is 4. The highest BCUT2D eigenvalue weighted by Crippen LogP contribution is 2.46. The summed E-state index contributed by atoms with van der Waals surface area (Å²) in [5.74, 6) is 0. The van der Waals surface area contributed by atoms with Gasteiger partial charge in [0.15, 0.2) is 0 Å². The van der Waals surface area contributed by atoms with Gasteiger partial charge in [-0.15, -0.1) is 0 Å². The Kier molecular flexibility index (Phi) is 4.42. The fourth-order valence-corrected chi connectivity index (χ4v) is 7.01. The molecule has 0 fully saturated rings. The lowest BCUT2D eigenvalue weighted by Crippen LogP contribution is -1.92. The molecule has 0 radical (unpaired) electrons. The molecule has 0 heterocycles. The van der Waals surface area contributed by atoms with Crippen LogP contribution in [0, 0.1) is 0 Å². The number of hydrogen-bond donors (Lipinski definition) is 0. The molecule has 0 aliphatic heterocycles. The zero-order chi connectivity index (χ0) is 26.2. The molecule has 9 aromatic carbocycles. The quantitative estimate of drug-likeness (QED) is 0.162. The highest BCUT2D eigenvalue weighted by atomic mass is 14.2. The summed E-state index contributed by atoms with van der Waals surface area (Å²) in [5.41, 5.74) is 5.12. The summed E-state index contributed by atoms with van der Waals surface area (Å²) in [6.07, 6.45) is 0. The lowest BCUT2D eigenvalue weighted by atomic mass is 9.84. The first-order valence-electron chi connectivity index (χ1n) is 13.9. The number of rotatable bonds is 2. The first kappa shape index (κ1) is 21.7. The van der Waals surface area contributed by atoms with Gasteiger partial charge in [0.25, 0.3) is 0 Å². The van der Waals surface area contributed by atoms with Crippen LogP contribution in [-0.2, 0) is 0 Å². The van der Waals surface area contributed by atoms with E-state index in [1.165, 1.54) is 86.9 Å². The van der Waals surface area contributed by atoms with Crippen molar-refractivity contribution in [1.82, 2.24) is 0 Å². The van der Waals surface area contributed by atoms with Gasteiger partial charge in [0.2, 0.25) is 0 Å². The molecule has 9 aromatic rings. The van der Waals surface area contributed by atoms with Crippen LogP contribution in [0.3, 0.4) is 0 Å². The standard InChI is InChI=1S/C40H24/c1-2-8-25(9-3-1)31-14-7-15-32-36(31)24-37-30-13-5-4-10-26(30)18-21-35(37)40(32)34-23-20-29-17-16-27-11-6-12-28-19-22-33(34)39(29)38(27)28/h1-24H. The average molecular weight is 505 g/mol. The lowest BCUT2D eigenvalue weighted by molar-refractivity contribution is 1.66. The van der Waals surface area contributed by atoms with E-state index in [2.05, 4.69) is 146 Å². The van der Waals surface area contributed by atoms with Gasteiger partial charge in [-0.05, 0) is 93.0 Å². The monoisotopic (exact) mass is 504 g/mol. The van der Waals surface area contributed by atoms with Gasteiger partial charge < -0.3 is 0 Å². The van der Waals surface area contributed by atoms with Crippen LogP contribution < -0.4 is 0 Å². The maximum absolute atomic E-state index is 2.43. The molecule has 0 saturated heterocycles. The van der Waals surface area contributed by atoms with Crippen LogP contribution in [0.15, 0.2) is 146 Å². The number of benzene rings is 9. The molecule has 0 aliphatic rings. The molecule has 0 unspecified atom stereocenters. The molecule has 0 amide bonds. The maximum Gasteiger partial charge on any atom is -0.00201 e. The van der Waals surface area contributed by atoms with Crippen molar-refractivity contribution in [3.8, 4) is 22.3 Å². The summed E-state index contributed by atoms with van der Waals surface area (Å²) in [4.78, 5) is 0. The van der Waals surface area contributed by atoms with Crippen LogP contribution in [-0.4, -0.2) is 0 Å². The van der Waals surface area contributed by atoms with Crippen LogP contribution >= 0.6 is 0 Å². The molecule has 40 heavy (non-hydrogen) atoms. The van der Waals surface area contributed by atoms with Gasteiger partial charge in [-0.3, -0.25) is 0 Å². The van der Waals surface area contributed by atoms with Crippen molar-refractivity contribution in [1.29, 1.82) is 0 Å². The van der Waals surface area contributed by atoms with E-state index in [0.717, 1.165) is 0 Å². The first-order valence-corrected chi connectivity index (χ1v) is 13.9. The van der Waals surface area contributed by atoms with Crippen LogP contribution in [0.25, 0.3) is 86.9 Å². The molecule has 0 N–H and O–H groups in total. The SMILES string of the molecule is c1ccc(-c2cccc3c(-c4ccc5ccc6cccc7ccc4c5c67)c4ccc5ccccc5c4cc23)cc1. The summed E-state index contributed by atoms with van der Waals surface area (Å²) in [7, 11) is 0. The molecular weight excluding hydrogens is 480 g/mol. The lowest BCUT2D eigenvalue weighted by Gasteiger charge is -2.19. The molecule has 0 aromatic heterocycles. The van der Waals surface area contributed by atoms with Crippen molar-refractivity contribution in [2.75, 3.05) is 0 Å². The highest BCUT2D eigenvalue weighted by Gasteiger charge is 2.18. The second kappa shape index (κ2) is 8.15. The molecule has 0 spiro atoms. The zero-order valence-electron chi connectivity index (χ0n) is 21.9. The minimum Gasteiger partial charge on any atom is -0.0622 e.